The number of hydrogen-bond acceptors (Lipinski definition) is 6. The highest BCUT2D eigenvalue weighted by molar-refractivity contribution is 5.76. The van der Waals surface area contributed by atoms with Gasteiger partial charge in [0, 0.05) is 64.3 Å². The summed E-state index contributed by atoms with van der Waals surface area (Å²) in [5, 5.41) is 3.26. The van der Waals surface area contributed by atoms with Gasteiger partial charge in [-0.05, 0) is 44.9 Å². The molecule has 2 aliphatic heterocycles. The predicted octanol–water partition coefficient (Wildman–Crippen LogP) is 3.38. The minimum absolute atomic E-state index is 0.372. The third kappa shape index (κ3) is 6.09. The molecule has 2 saturated heterocycles. The molecule has 3 aliphatic rings. The summed E-state index contributed by atoms with van der Waals surface area (Å²) in [7, 11) is 0. The zero-order valence-electron chi connectivity index (χ0n) is 19.3. The highest BCUT2D eigenvalue weighted by Gasteiger charge is 2.28. The van der Waals surface area contributed by atoms with E-state index in [9.17, 15) is 4.79 Å². The van der Waals surface area contributed by atoms with Crippen LogP contribution in [0.4, 0.5) is 11.6 Å². The number of carbonyl (C=O) groups is 1. The SMILES string of the molecule is CCNc1cc(N2CCC(CCC(=O)N3CCN(C4CCCCC4)CC3)CC2)ncn1. The number of amides is 1. The Labute approximate surface area is 187 Å². The van der Waals surface area contributed by atoms with Crippen LogP contribution in [0.15, 0.2) is 12.4 Å². The summed E-state index contributed by atoms with van der Waals surface area (Å²) in [4.78, 5) is 28.6. The molecular formula is C24H40N6O. The molecule has 1 amide bonds. The maximum absolute atomic E-state index is 12.8. The molecule has 0 unspecified atom stereocenters. The van der Waals surface area contributed by atoms with Crippen LogP contribution in [0.1, 0.15) is 64.7 Å². The minimum atomic E-state index is 0.372. The highest BCUT2D eigenvalue weighted by atomic mass is 16.2. The Kier molecular flexibility index (Phi) is 8.00. The summed E-state index contributed by atoms with van der Waals surface area (Å²) in [6.45, 7) is 8.97. The van der Waals surface area contributed by atoms with E-state index in [2.05, 4.69) is 36.9 Å². The molecule has 7 heteroatoms. The van der Waals surface area contributed by atoms with Gasteiger partial charge in [-0.3, -0.25) is 9.69 Å². The van der Waals surface area contributed by atoms with Gasteiger partial charge in [-0.1, -0.05) is 19.3 Å². The minimum Gasteiger partial charge on any atom is -0.370 e. The first-order chi connectivity index (χ1) is 15.2. The van der Waals surface area contributed by atoms with Crippen molar-refractivity contribution in [1.29, 1.82) is 0 Å². The second-order valence-electron chi connectivity index (χ2n) is 9.47. The first-order valence-electron chi connectivity index (χ1n) is 12.6. The Balaban J connectivity index is 1.15. The van der Waals surface area contributed by atoms with Crippen LogP contribution < -0.4 is 10.2 Å². The molecule has 1 N–H and O–H groups in total. The van der Waals surface area contributed by atoms with Gasteiger partial charge in [-0.15, -0.1) is 0 Å². The number of aromatic nitrogens is 2. The summed E-state index contributed by atoms with van der Waals surface area (Å²) < 4.78 is 0. The number of carbonyl (C=O) groups excluding carboxylic acids is 1. The second-order valence-corrected chi connectivity index (χ2v) is 9.47. The van der Waals surface area contributed by atoms with Crippen molar-refractivity contribution in [3.05, 3.63) is 12.4 Å². The van der Waals surface area contributed by atoms with Crippen molar-refractivity contribution in [2.24, 2.45) is 5.92 Å². The predicted molar refractivity (Wildman–Crippen MR) is 125 cm³/mol. The van der Waals surface area contributed by atoms with Crippen LogP contribution in [0.5, 0.6) is 0 Å². The molecule has 0 radical (unpaired) electrons. The normalized spacial score (nSPS) is 22.0. The van der Waals surface area contributed by atoms with Crippen LogP contribution >= 0.6 is 0 Å². The van der Waals surface area contributed by atoms with Gasteiger partial charge in [0.2, 0.25) is 5.91 Å². The molecular weight excluding hydrogens is 388 g/mol. The lowest BCUT2D eigenvalue weighted by molar-refractivity contribution is -0.133. The van der Waals surface area contributed by atoms with Crippen molar-refractivity contribution in [2.45, 2.75) is 70.8 Å². The summed E-state index contributed by atoms with van der Waals surface area (Å²) in [5.74, 6) is 2.93. The molecule has 0 atom stereocenters. The Morgan fingerprint density at radius 3 is 2.45 bits per heavy atom. The van der Waals surface area contributed by atoms with Crippen LogP contribution in [0.25, 0.3) is 0 Å². The van der Waals surface area contributed by atoms with E-state index in [1.807, 2.05) is 6.07 Å². The molecule has 3 heterocycles. The molecule has 1 saturated carbocycles. The lowest BCUT2D eigenvalue weighted by Crippen LogP contribution is -2.52. The summed E-state index contributed by atoms with van der Waals surface area (Å²) in [5.41, 5.74) is 0. The van der Waals surface area contributed by atoms with E-state index in [1.54, 1.807) is 6.33 Å². The number of hydrogen-bond donors (Lipinski definition) is 1. The van der Waals surface area contributed by atoms with Crippen LogP contribution in [-0.4, -0.2) is 77.5 Å². The molecule has 3 fully saturated rings. The lowest BCUT2D eigenvalue weighted by Gasteiger charge is -2.41. The van der Waals surface area contributed by atoms with Gasteiger partial charge in [-0.25, -0.2) is 9.97 Å². The molecule has 31 heavy (non-hydrogen) atoms. The van der Waals surface area contributed by atoms with E-state index in [1.165, 1.54) is 32.1 Å². The molecule has 1 aliphatic carbocycles. The highest BCUT2D eigenvalue weighted by Crippen LogP contribution is 2.27. The van der Waals surface area contributed by atoms with Crippen molar-refractivity contribution >= 4 is 17.5 Å². The fourth-order valence-electron chi connectivity index (χ4n) is 5.52. The van der Waals surface area contributed by atoms with Gasteiger partial charge in [0.05, 0.1) is 0 Å². The van der Waals surface area contributed by atoms with Crippen LogP contribution in [-0.2, 0) is 4.79 Å². The Bertz CT molecular complexity index is 691. The molecule has 4 rings (SSSR count). The molecule has 0 spiro atoms. The Morgan fingerprint density at radius 1 is 1.00 bits per heavy atom. The first kappa shape index (κ1) is 22.3. The van der Waals surface area contributed by atoms with Crippen molar-refractivity contribution < 1.29 is 4.79 Å². The molecule has 0 aromatic carbocycles. The number of rotatable bonds is 7. The van der Waals surface area contributed by atoms with Gasteiger partial charge >= 0.3 is 0 Å². The summed E-state index contributed by atoms with van der Waals surface area (Å²) >= 11 is 0. The van der Waals surface area contributed by atoms with Gasteiger partial charge in [-0.2, -0.15) is 0 Å². The number of nitrogens with one attached hydrogen (secondary N) is 1. The van der Waals surface area contributed by atoms with Gasteiger partial charge in [0.1, 0.15) is 18.0 Å². The average molecular weight is 429 g/mol. The number of piperidine rings is 1. The Morgan fingerprint density at radius 2 is 1.74 bits per heavy atom. The smallest absolute Gasteiger partial charge is 0.222 e. The number of anilines is 2. The van der Waals surface area contributed by atoms with E-state index in [0.29, 0.717) is 18.2 Å². The lowest BCUT2D eigenvalue weighted by atomic mass is 9.91. The number of piperazine rings is 1. The zero-order chi connectivity index (χ0) is 21.5. The van der Waals surface area contributed by atoms with Gasteiger partial charge < -0.3 is 15.1 Å². The standard InChI is InChI=1S/C24H40N6O/c1-2-25-22-18-23(27-19-26-22)29-12-10-20(11-13-29)8-9-24(31)30-16-14-28(15-17-30)21-6-4-3-5-7-21/h18-21H,2-17H2,1H3,(H,25,26,27). The molecule has 0 bridgehead atoms. The third-order valence-corrected chi connectivity index (χ3v) is 7.47. The van der Waals surface area contributed by atoms with Gasteiger partial charge in [0.25, 0.3) is 0 Å². The second kappa shape index (κ2) is 11.1. The van der Waals surface area contributed by atoms with Crippen molar-refractivity contribution in [3.8, 4) is 0 Å². The largest absolute Gasteiger partial charge is 0.370 e. The topological polar surface area (TPSA) is 64.6 Å². The van der Waals surface area contributed by atoms with E-state index >= 15 is 0 Å². The maximum Gasteiger partial charge on any atom is 0.222 e. The average Bonchev–Trinajstić information content (AvgIpc) is 2.84. The van der Waals surface area contributed by atoms with E-state index in [0.717, 1.165) is 82.8 Å². The molecule has 172 valence electrons. The fourth-order valence-corrected chi connectivity index (χ4v) is 5.52. The van der Waals surface area contributed by atoms with Crippen LogP contribution in [0.2, 0.25) is 0 Å². The zero-order valence-corrected chi connectivity index (χ0v) is 19.3. The summed E-state index contributed by atoms with van der Waals surface area (Å²) in [6, 6.07) is 2.82. The van der Waals surface area contributed by atoms with Crippen LogP contribution in [0, 0.1) is 5.92 Å². The number of nitrogens with zero attached hydrogens (tertiary/aromatic N) is 5. The van der Waals surface area contributed by atoms with E-state index < -0.39 is 0 Å². The third-order valence-electron chi connectivity index (χ3n) is 7.47. The molecule has 1 aromatic rings. The van der Waals surface area contributed by atoms with E-state index in [-0.39, 0.29) is 0 Å². The van der Waals surface area contributed by atoms with Crippen molar-refractivity contribution in [3.63, 3.8) is 0 Å². The first-order valence-corrected chi connectivity index (χ1v) is 12.6. The van der Waals surface area contributed by atoms with E-state index in [4.69, 9.17) is 0 Å². The fraction of sp³-hybridized carbons (Fsp3) is 0.792. The quantitative estimate of drug-likeness (QED) is 0.718. The van der Waals surface area contributed by atoms with Gasteiger partial charge in [0.15, 0.2) is 0 Å². The monoisotopic (exact) mass is 428 g/mol. The van der Waals surface area contributed by atoms with Crippen LogP contribution in [0.3, 0.4) is 0 Å². The Hall–Kier alpha value is -1.89. The van der Waals surface area contributed by atoms with Crippen molar-refractivity contribution in [2.75, 3.05) is 56.0 Å². The molecule has 1 aromatic heterocycles. The van der Waals surface area contributed by atoms with Crippen molar-refractivity contribution in [1.82, 2.24) is 19.8 Å². The maximum atomic E-state index is 12.8. The summed E-state index contributed by atoms with van der Waals surface area (Å²) in [6.07, 6.45) is 12.6. The molecule has 7 nitrogen and oxygen atoms in total.